The highest BCUT2D eigenvalue weighted by Gasteiger charge is 2.52. The third-order valence-electron chi connectivity index (χ3n) is 5.30. The number of allylic oxidation sites excluding steroid dienone is 1. The molecule has 1 heterocycles. The van der Waals surface area contributed by atoms with Gasteiger partial charge < -0.3 is 4.74 Å². The summed E-state index contributed by atoms with van der Waals surface area (Å²) < 4.78 is 6.56. The molecule has 0 amide bonds. The fourth-order valence-corrected chi connectivity index (χ4v) is 4.47. The van der Waals surface area contributed by atoms with Crippen LogP contribution in [0.5, 0.6) is 0 Å². The molecule has 104 valence electrons. The van der Waals surface area contributed by atoms with Gasteiger partial charge in [-0.2, -0.15) is 0 Å². The molecule has 1 nitrogen and oxygen atoms in total. The maximum absolute atomic E-state index is 6.56. The van der Waals surface area contributed by atoms with Gasteiger partial charge in [0.2, 0.25) is 0 Å². The van der Waals surface area contributed by atoms with Crippen molar-refractivity contribution in [2.45, 2.75) is 76.8 Å². The van der Waals surface area contributed by atoms with Crippen LogP contribution in [0.25, 0.3) is 0 Å². The summed E-state index contributed by atoms with van der Waals surface area (Å²) in [4.78, 5) is 0.610. The minimum atomic E-state index is 0.0444. The largest absolute Gasteiger partial charge is 0.367 e. The van der Waals surface area contributed by atoms with Crippen molar-refractivity contribution >= 4 is 15.9 Å². The van der Waals surface area contributed by atoms with Crippen LogP contribution in [0.4, 0.5) is 0 Å². The number of ether oxygens (including phenoxy) is 1. The summed E-state index contributed by atoms with van der Waals surface area (Å²) in [7, 11) is 0. The molecular formula is C16H27BrO. The second-order valence-corrected chi connectivity index (χ2v) is 8.00. The van der Waals surface area contributed by atoms with Crippen LogP contribution in [0, 0.1) is 11.3 Å². The molecule has 4 atom stereocenters. The van der Waals surface area contributed by atoms with E-state index in [4.69, 9.17) is 4.74 Å². The van der Waals surface area contributed by atoms with Crippen LogP contribution in [0.2, 0.25) is 0 Å². The van der Waals surface area contributed by atoms with Crippen LogP contribution in [0.3, 0.4) is 0 Å². The smallest absolute Gasteiger partial charge is 0.0787 e. The maximum Gasteiger partial charge on any atom is 0.0787 e. The third kappa shape index (κ3) is 2.31. The minimum Gasteiger partial charge on any atom is -0.367 e. The molecule has 1 saturated carbocycles. The van der Waals surface area contributed by atoms with Crippen molar-refractivity contribution in [3.05, 3.63) is 11.6 Å². The Morgan fingerprint density at radius 2 is 2.06 bits per heavy atom. The van der Waals surface area contributed by atoms with E-state index >= 15 is 0 Å². The average Bonchev–Trinajstić information content (AvgIpc) is 2.43. The topological polar surface area (TPSA) is 9.23 Å². The molecular weight excluding hydrogens is 288 g/mol. The summed E-state index contributed by atoms with van der Waals surface area (Å²) in [6, 6.07) is 0. The fourth-order valence-electron chi connectivity index (χ4n) is 3.92. The number of halogens is 1. The van der Waals surface area contributed by atoms with E-state index in [1.807, 2.05) is 0 Å². The van der Waals surface area contributed by atoms with Crippen LogP contribution in [0.1, 0.15) is 60.3 Å². The molecule has 0 aromatic carbocycles. The number of hydrogen-bond donors (Lipinski definition) is 0. The van der Waals surface area contributed by atoms with Crippen molar-refractivity contribution in [1.29, 1.82) is 0 Å². The van der Waals surface area contributed by atoms with Gasteiger partial charge in [-0.3, -0.25) is 0 Å². The monoisotopic (exact) mass is 314 g/mol. The van der Waals surface area contributed by atoms with E-state index in [1.54, 1.807) is 0 Å². The van der Waals surface area contributed by atoms with Crippen molar-refractivity contribution < 1.29 is 4.74 Å². The summed E-state index contributed by atoms with van der Waals surface area (Å²) >= 11 is 3.89. The van der Waals surface area contributed by atoms with E-state index in [0.29, 0.717) is 22.3 Å². The van der Waals surface area contributed by atoms with Crippen molar-refractivity contribution in [3.8, 4) is 0 Å². The normalized spacial score (nSPS) is 43.9. The average molecular weight is 315 g/mol. The summed E-state index contributed by atoms with van der Waals surface area (Å²) in [6.45, 7) is 11.6. The lowest BCUT2D eigenvalue weighted by atomic mass is 9.60. The summed E-state index contributed by atoms with van der Waals surface area (Å²) in [5.74, 6) is 0.606. The molecule has 0 saturated heterocycles. The highest BCUT2D eigenvalue weighted by atomic mass is 79.9. The number of hydrogen-bond acceptors (Lipinski definition) is 1. The zero-order valence-corrected chi connectivity index (χ0v) is 14.0. The predicted octanol–water partition coefficient (Wildman–Crippen LogP) is 5.09. The molecule has 0 unspecified atom stereocenters. The van der Waals surface area contributed by atoms with Crippen molar-refractivity contribution in [1.82, 2.24) is 0 Å². The Kier molecular flexibility index (Phi) is 4.00. The second-order valence-electron chi connectivity index (χ2n) is 6.89. The van der Waals surface area contributed by atoms with Crippen LogP contribution < -0.4 is 0 Å². The molecule has 0 bridgehead atoms. The molecule has 1 aliphatic carbocycles. The molecule has 18 heavy (non-hydrogen) atoms. The zero-order valence-electron chi connectivity index (χ0n) is 12.4. The zero-order chi connectivity index (χ0) is 13.6. The number of fused-ring (bicyclic) bond motifs is 1. The minimum absolute atomic E-state index is 0.0444. The highest BCUT2D eigenvalue weighted by molar-refractivity contribution is 9.09. The molecule has 1 aliphatic heterocycles. The quantitative estimate of drug-likeness (QED) is 0.484. The Morgan fingerprint density at radius 1 is 1.39 bits per heavy atom. The van der Waals surface area contributed by atoms with Gasteiger partial charge in [0.05, 0.1) is 11.7 Å². The van der Waals surface area contributed by atoms with E-state index in [-0.39, 0.29) is 5.60 Å². The van der Waals surface area contributed by atoms with E-state index < -0.39 is 0 Å². The van der Waals surface area contributed by atoms with E-state index in [1.165, 1.54) is 18.4 Å². The van der Waals surface area contributed by atoms with Gasteiger partial charge in [-0.25, -0.2) is 0 Å². The van der Waals surface area contributed by atoms with Crippen LogP contribution >= 0.6 is 15.9 Å². The lowest BCUT2D eigenvalue weighted by molar-refractivity contribution is -0.149. The predicted molar refractivity (Wildman–Crippen MR) is 81.2 cm³/mol. The highest BCUT2D eigenvalue weighted by Crippen LogP contribution is 2.54. The lowest BCUT2D eigenvalue weighted by Crippen LogP contribution is -2.53. The van der Waals surface area contributed by atoms with Gasteiger partial charge in [-0.05, 0) is 56.4 Å². The molecule has 0 radical (unpaired) electrons. The van der Waals surface area contributed by atoms with Gasteiger partial charge >= 0.3 is 0 Å². The van der Waals surface area contributed by atoms with E-state index in [2.05, 4.69) is 56.6 Å². The van der Waals surface area contributed by atoms with Crippen molar-refractivity contribution in [3.63, 3.8) is 0 Å². The summed E-state index contributed by atoms with van der Waals surface area (Å²) in [6.07, 6.45) is 7.39. The van der Waals surface area contributed by atoms with Crippen molar-refractivity contribution in [2.75, 3.05) is 0 Å². The molecule has 1 fully saturated rings. The fraction of sp³-hybridized carbons (Fsp3) is 0.875. The molecule has 2 aliphatic rings. The van der Waals surface area contributed by atoms with Gasteiger partial charge in [0.15, 0.2) is 0 Å². The van der Waals surface area contributed by atoms with Gasteiger partial charge in [0.1, 0.15) is 0 Å². The SMILES string of the molecule is CC[C@@H]1O[C@@]2(C)CC[C@H](Br)C(C)(C)[C@@H]2CC=C1C. The second kappa shape index (κ2) is 4.94. The van der Waals surface area contributed by atoms with Crippen LogP contribution in [0.15, 0.2) is 11.6 Å². The standard InChI is InChI=1S/C16H27BrO/c1-6-12-11(2)7-8-13-15(3,4)14(17)9-10-16(13,5)18-12/h7,12-14H,6,8-10H2,1-5H3/t12-,13-,14-,16-/m0/s1. The first-order chi connectivity index (χ1) is 8.31. The first-order valence-electron chi connectivity index (χ1n) is 7.30. The van der Waals surface area contributed by atoms with Gasteiger partial charge in [-0.1, -0.05) is 42.8 Å². The van der Waals surface area contributed by atoms with E-state index in [9.17, 15) is 0 Å². The molecule has 0 aromatic heterocycles. The lowest BCUT2D eigenvalue weighted by Gasteiger charge is -2.53. The third-order valence-corrected chi connectivity index (χ3v) is 6.94. The number of rotatable bonds is 1. The first kappa shape index (κ1) is 14.6. The van der Waals surface area contributed by atoms with Gasteiger partial charge in [0, 0.05) is 4.83 Å². The molecule has 0 N–H and O–H groups in total. The Morgan fingerprint density at radius 3 is 2.67 bits per heavy atom. The molecule has 2 rings (SSSR count). The maximum atomic E-state index is 6.56. The Labute approximate surface area is 120 Å². The van der Waals surface area contributed by atoms with Crippen LogP contribution in [-0.2, 0) is 4.74 Å². The molecule has 0 aromatic rings. The Bertz CT molecular complexity index is 347. The summed E-state index contributed by atoms with van der Waals surface area (Å²) in [5.41, 5.74) is 1.77. The van der Waals surface area contributed by atoms with Gasteiger partial charge in [-0.15, -0.1) is 0 Å². The Hall–Kier alpha value is 0.180. The van der Waals surface area contributed by atoms with Crippen molar-refractivity contribution in [2.24, 2.45) is 11.3 Å². The first-order valence-corrected chi connectivity index (χ1v) is 8.21. The van der Waals surface area contributed by atoms with Crippen LogP contribution in [-0.4, -0.2) is 16.5 Å². The number of alkyl halides is 1. The Balaban J connectivity index is 2.34. The molecule has 2 heteroatoms. The van der Waals surface area contributed by atoms with Gasteiger partial charge in [0.25, 0.3) is 0 Å². The molecule has 0 spiro atoms. The summed E-state index contributed by atoms with van der Waals surface area (Å²) in [5, 5.41) is 0. The van der Waals surface area contributed by atoms with E-state index in [0.717, 1.165) is 12.8 Å².